The Morgan fingerprint density at radius 1 is 1.42 bits per heavy atom. The lowest BCUT2D eigenvalue weighted by molar-refractivity contribution is 0.0579. The Labute approximate surface area is 142 Å². The van der Waals surface area contributed by atoms with Crippen LogP contribution in [0.5, 0.6) is 0 Å². The van der Waals surface area contributed by atoms with Crippen molar-refractivity contribution in [1.29, 1.82) is 0 Å². The molecule has 0 bridgehead atoms. The summed E-state index contributed by atoms with van der Waals surface area (Å²) in [7, 11) is 1.88. The fourth-order valence-corrected chi connectivity index (χ4v) is 2.67. The molecular weight excluding hydrogens is 308 g/mol. The molecule has 2 aromatic rings. The van der Waals surface area contributed by atoms with Gasteiger partial charge >= 0.3 is 6.03 Å². The van der Waals surface area contributed by atoms with Crippen molar-refractivity contribution in [2.75, 3.05) is 13.1 Å². The standard InChI is InChI=1S/C17H26N4O3/c1-12-8-15(13(2)24-12)17(3,23)11-19-16(22)18-7-5-6-14-9-20-21(4)10-14/h8-10,23H,5-7,11H2,1-4H3,(H2,18,19,22). The Bertz CT molecular complexity index is 688. The highest BCUT2D eigenvalue weighted by Gasteiger charge is 2.28. The normalized spacial score (nSPS) is 13.5. The Morgan fingerprint density at radius 2 is 2.17 bits per heavy atom. The summed E-state index contributed by atoms with van der Waals surface area (Å²) < 4.78 is 7.20. The van der Waals surface area contributed by atoms with Crippen LogP contribution >= 0.6 is 0 Å². The third-order valence-electron chi connectivity index (χ3n) is 3.90. The van der Waals surface area contributed by atoms with E-state index in [1.54, 1.807) is 24.6 Å². The van der Waals surface area contributed by atoms with Gasteiger partial charge in [0.15, 0.2) is 0 Å². The van der Waals surface area contributed by atoms with Gasteiger partial charge in [0.05, 0.1) is 12.7 Å². The lowest BCUT2D eigenvalue weighted by Crippen LogP contribution is -2.43. The van der Waals surface area contributed by atoms with Crippen molar-refractivity contribution >= 4 is 6.03 Å². The van der Waals surface area contributed by atoms with Gasteiger partial charge in [0.2, 0.25) is 0 Å². The number of carbonyl (C=O) groups is 1. The minimum absolute atomic E-state index is 0.112. The monoisotopic (exact) mass is 334 g/mol. The van der Waals surface area contributed by atoms with Crippen molar-refractivity contribution in [3.63, 3.8) is 0 Å². The van der Waals surface area contributed by atoms with Crippen LogP contribution in [0.15, 0.2) is 22.9 Å². The van der Waals surface area contributed by atoms with E-state index in [4.69, 9.17) is 4.42 Å². The number of aryl methyl sites for hydroxylation is 4. The van der Waals surface area contributed by atoms with E-state index >= 15 is 0 Å². The number of hydrogen-bond acceptors (Lipinski definition) is 4. The first-order chi connectivity index (χ1) is 11.3. The van der Waals surface area contributed by atoms with Gasteiger partial charge in [-0.25, -0.2) is 4.79 Å². The first-order valence-corrected chi connectivity index (χ1v) is 8.07. The molecule has 0 aromatic carbocycles. The number of nitrogens with one attached hydrogen (secondary N) is 2. The van der Waals surface area contributed by atoms with Crippen LogP contribution in [-0.4, -0.2) is 34.0 Å². The van der Waals surface area contributed by atoms with Crippen LogP contribution in [0.2, 0.25) is 0 Å². The Morgan fingerprint density at radius 3 is 2.75 bits per heavy atom. The first kappa shape index (κ1) is 18.1. The summed E-state index contributed by atoms with van der Waals surface area (Å²) >= 11 is 0. The number of nitrogens with zero attached hydrogens (tertiary/aromatic N) is 2. The predicted octanol–water partition coefficient (Wildman–Crippen LogP) is 1.77. The van der Waals surface area contributed by atoms with E-state index in [9.17, 15) is 9.90 Å². The molecule has 0 aliphatic rings. The third-order valence-corrected chi connectivity index (χ3v) is 3.90. The number of urea groups is 1. The summed E-state index contributed by atoms with van der Waals surface area (Å²) in [5.74, 6) is 1.40. The van der Waals surface area contributed by atoms with Crippen molar-refractivity contribution in [2.45, 2.75) is 39.2 Å². The van der Waals surface area contributed by atoms with Crippen LogP contribution in [0, 0.1) is 13.8 Å². The molecule has 1 atom stereocenters. The van der Waals surface area contributed by atoms with Crippen LogP contribution in [0.3, 0.4) is 0 Å². The van der Waals surface area contributed by atoms with E-state index in [2.05, 4.69) is 15.7 Å². The summed E-state index contributed by atoms with van der Waals surface area (Å²) in [6.45, 7) is 5.96. The van der Waals surface area contributed by atoms with Crippen LogP contribution in [0.1, 0.15) is 36.0 Å². The topological polar surface area (TPSA) is 92.3 Å². The predicted molar refractivity (Wildman–Crippen MR) is 90.7 cm³/mol. The lowest BCUT2D eigenvalue weighted by Gasteiger charge is -2.23. The molecule has 7 heteroatoms. The second-order valence-corrected chi connectivity index (χ2v) is 6.34. The lowest BCUT2D eigenvalue weighted by atomic mass is 9.96. The van der Waals surface area contributed by atoms with E-state index < -0.39 is 5.60 Å². The number of furan rings is 1. The van der Waals surface area contributed by atoms with Crippen molar-refractivity contribution in [3.05, 3.63) is 41.1 Å². The largest absolute Gasteiger partial charge is 0.466 e. The van der Waals surface area contributed by atoms with Crippen LogP contribution in [0.25, 0.3) is 0 Å². The maximum atomic E-state index is 11.9. The van der Waals surface area contributed by atoms with Gasteiger partial charge in [-0.05, 0) is 45.2 Å². The molecule has 0 saturated heterocycles. The highest BCUT2D eigenvalue weighted by atomic mass is 16.3. The van der Waals surface area contributed by atoms with Gasteiger partial charge in [-0.3, -0.25) is 4.68 Å². The molecule has 0 fully saturated rings. The maximum absolute atomic E-state index is 11.9. The molecule has 0 aliphatic heterocycles. The van der Waals surface area contributed by atoms with Crippen molar-refractivity contribution in [3.8, 4) is 0 Å². The number of hydrogen-bond donors (Lipinski definition) is 3. The van der Waals surface area contributed by atoms with Gasteiger partial charge in [-0.15, -0.1) is 0 Å². The summed E-state index contributed by atoms with van der Waals surface area (Å²) in [6.07, 6.45) is 5.48. The molecule has 132 valence electrons. The molecule has 2 rings (SSSR count). The first-order valence-electron chi connectivity index (χ1n) is 8.07. The number of aromatic nitrogens is 2. The molecule has 2 amide bonds. The molecule has 3 N–H and O–H groups in total. The summed E-state index contributed by atoms with van der Waals surface area (Å²) in [5.41, 5.74) is 0.667. The van der Waals surface area contributed by atoms with Gasteiger partial charge in [-0.2, -0.15) is 5.10 Å². The van der Waals surface area contributed by atoms with E-state index in [1.807, 2.05) is 26.4 Å². The van der Waals surface area contributed by atoms with Crippen molar-refractivity contribution in [1.82, 2.24) is 20.4 Å². The van der Waals surface area contributed by atoms with E-state index in [0.29, 0.717) is 17.9 Å². The molecule has 0 saturated carbocycles. The molecule has 24 heavy (non-hydrogen) atoms. The highest BCUT2D eigenvalue weighted by molar-refractivity contribution is 5.73. The average Bonchev–Trinajstić information content (AvgIpc) is 3.07. The van der Waals surface area contributed by atoms with E-state index in [1.165, 1.54) is 0 Å². The number of rotatable bonds is 7. The Balaban J connectivity index is 1.71. The second-order valence-electron chi connectivity index (χ2n) is 6.34. The maximum Gasteiger partial charge on any atom is 0.314 e. The molecule has 7 nitrogen and oxygen atoms in total. The molecule has 2 heterocycles. The molecular formula is C17H26N4O3. The van der Waals surface area contributed by atoms with Gasteiger partial charge in [0.25, 0.3) is 0 Å². The zero-order chi connectivity index (χ0) is 17.7. The van der Waals surface area contributed by atoms with E-state index in [-0.39, 0.29) is 12.6 Å². The summed E-state index contributed by atoms with van der Waals surface area (Å²) in [5, 5.41) is 20.1. The third kappa shape index (κ3) is 4.86. The zero-order valence-electron chi connectivity index (χ0n) is 14.7. The second kappa shape index (κ2) is 7.53. The van der Waals surface area contributed by atoms with Gasteiger partial charge in [-0.1, -0.05) is 0 Å². The average molecular weight is 334 g/mol. The Hall–Kier alpha value is -2.28. The van der Waals surface area contributed by atoms with Crippen molar-refractivity contribution in [2.24, 2.45) is 7.05 Å². The molecule has 0 spiro atoms. The number of amides is 2. The van der Waals surface area contributed by atoms with E-state index in [0.717, 1.165) is 24.2 Å². The number of carbonyl (C=O) groups excluding carboxylic acids is 1. The minimum Gasteiger partial charge on any atom is -0.466 e. The highest BCUT2D eigenvalue weighted by Crippen LogP contribution is 2.26. The van der Waals surface area contributed by atoms with Gasteiger partial charge in [0, 0.05) is 25.4 Å². The van der Waals surface area contributed by atoms with Gasteiger partial charge < -0.3 is 20.2 Å². The minimum atomic E-state index is -1.17. The fraction of sp³-hybridized carbons (Fsp3) is 0.529. The quantitative estimate of drug-likeness (QED) is 0.673. The molecule has 2 aromatic heterocycles. The van der Waals surface area contributed by atoms with Gasteiger partial charge in [0.1, 0.15) is 17.1 Å². The fourth-order valence-electron chi connectivity index (χ4n) is 2.67. The number of aliphatic hydroxyl groups is 1. The van der Waals surface area contributed by atoms with Crippen LogP contribution in [-0.2, 0) is 19.1 Å². The molecule has 0 radical (unpaired) electrons. The summed E-state index contributed by atoms with van der Waals surface area (Å²) in [6, 6.07) is 1.50. The molecule has 0 aliphatic carbocycles. The zero-order valence-corrected chi connectivity index (χ0v) is 14.7. The van der Waals surface area contributed by atoms with Crippen LogP contribution in [0.4, 0.5) is 4.79 Å². The van der Waals surface area contributed by atoms with Crippen molar-refractivity contribution < 1.29 is 14.3 Å². The smallest absolute Gasteiger partial charge is 0.314 e. The summed E-state index contributed by atoms with van der Waals surface area (Å²) in [4.78, 5) is 11.9. The van der Waals surface area contributed by atoms with Crippen LogP contribution < -0.4 is 10.6 Å². The molecule has 1 unspecified atom stereocenters. The Kier molecular flexibility index (Phi) is 5.66. The SMILES string of the molecule is Cc1cc(C(C)(O)CNC(=O)NCCCc2cnn(C)c2)c(C)o1.